The first-order valence-corrected chi connectivity index (χ1v) is 8.70. The molecule has 2 aromatic rings. The smallest absolute Gasteiger partial charge is 0.223 e. The summed E-state index contributed by atoms with van der Waals surface area (Å²) in [5, 5.41) is 0. The lowest BCUT2D eigenvalue weighted by Gasteiger charge is -2.16. The van der Waals surface area contributed by atoms with E-state index in [1.165, 1.54) is 0 Å². The number of hydrogen-bond acceptors (Lipinski definition) is 3. The zero-order valence-electron chi connectivity index (χ0n) is 11.9. The van der Waals surface area contributed by atoms with Crippen LogP contribution in [0.15, 0.2) is 45.9 Å². The Bertz CT molecular complexity index is 752. The highest BCUT2D eigenvalue weighted by atomic mass is 79.9. The molecular formula is C15H14BrN3O2S. The third kappa shape index (κ3) is 2.91. The summed E-state index contributed by atoms with van der Waals surface area (Å²) in [7, 11) is -1.46. The molecule has 0 radical (unpaired) electrons. The summed E-state index contributed by atoms with van der Waals surface area (Å²) in [6, 6.07) is 9.11. The molecule has 1 atom stereocenters. The van der Waals surface area contributed by atoms with Crippen LogP contribution in [0.2, 0.25) is 0 Å². The third-order valence-corrected chi connectivity index (χ3v) is 5.52. The highest BCUT2D eigenvalue weighted by Gasteiger charge is 2.25. The number of halogens is 1. The molecule has 0 spiro atoms. The predicted octanol–water partition coefficient (Wildman–Crippen LogP) is 2.89. The van der Waals surface area contributed by atoms with Gasteiger partial charge in [-0.1, -0.05) is 6.07 Å². The van der Waals surface area contributed by atoms with Crippen molar-refractivity contribution in [1.29, 1.82) is 0 Å². The van der Waals surface area contributed by atoms with Crippen LogP contribution in [0.5, 0.6) is 0 Å². The van der Waals surface area contributed by atoms with Crippen LogP contribution in [0.25, 0.3) is 0 Å². The largest absolute Gasteiger partial charge is 0.312 e. The van der Waals surface area contributed by atoms with E-state index in [1.54, 1.807) is 36.2 Å². The second kappa shape index (κ2) is 6.18. The lowest BCUT2D eigenvalue weighted by Crippen LogP contribution is -2.25. The summed E-state index contributed by atoms with van der Waals surface area (Å²) in [6.07, 6.45) is 2.45. The maximum Gasteiger partial charge on any atom is 0.223 e. The van der Waals surface area contributed by atoms with Crippen LogP contribution in [-0.2, 0) is 22.2 Å². The maximum absolute atomic E-state index is 12.5. The number of anilines is 2. The average Bonchev–Trinajstić information content (AvgIpc) is 2.90. The van der Waals surface area contributed by atoms with Crippen LogP contribution in [0.3, 0.4) is 0 Å². The summed E-state index contributed by atoms with van der Waals surface area (Å²) in [5.41, 5.74) is 1.92. The summed E-state index contributed by atoms with van der Waals surface area (Å²) < 4.78 is 16.2. The van der Waals surface area contributed by atoms with Gasteiger partial charge in [-0.2, -0.15) is 0 Å². The number of pyridine rings is 1. The molecule has 1 aliphatic heterocycles. The zero-order valence-corrected chi connectivity index (χ0v) is 14.3. The number of amides is 1. The van der Waals surface area contributed by atoms with Crippen molar-refractivity contribution >= 4 is 44.3 Å². The molecule has 1 N–H and O–H groups in total. The lowest BCUT2D eigenvalue weighted by molar-refractivity contribution is -0.116. The lowest BCUT2D eigenvalue weighted by atomic mass is 10.2. The monoisotopic (exact) mass is 379 g/mol. The molecule has 3 rings (SSSR count). The van der Waals surface area contributed by atoms with Gasteiger partial charge in [-0.15, -0.1) is 0 Å². The van der Waals surface area contributed by atoms with Crippen molar-refractivity contribution in [2.45, 2.75) is 18.2 Å². The minimum Gasteiger partial charge on any atom is -0.312 e. The van der Waals surface area contributed by atoms with E-state index >= 15 is 0 Å². The van der Waals surface area contributed by atoms with E-state index in [0.717, 1.165) is 22.1 Å². The quantitative estimate of drug-likeness (QED) is 0.891. The first-order chi connectivity index (χ1) is 10.6. The number of fused-ring (bicyclic) bond motifs is 1. The second-order valence-corrected chi connectivity index (χ2v) is 6.95. The van der Waals surface area contributed by atoms with Gasteiger partial charge in [-0.05, 0) is 52.2 Å². The Hall–Kier alpha value is -1.73. The Kier molecular flexibility index (Phi) is 4.26. The Balaban J connectivity index is 1.93. The summed E-state index contributed by atoms with van der Waals surface area (Å²) in [4.78, 5) is 18.1. The molecule has 5 nitrogen and oxygen atoms in total. The van der Waals surface area contributed by atoms with Crippen molar-refractivity contribution < 1.29 is 9.00 Å². The van der Waals surface area contributed by atoms with Gasteiger partial charge in [0, 0.05) is 29.8 Å². The van der Waals surface area contributed by atoms with Crippen molar-refractivity contribution in [2.75, 3.05) is 16.2 Å². The average molecular weight is 380 g/mol. The van der Waals surface area contributed by atoms with Gasteiger partial charge in [0.15, 0.2) is 11.0 Å². The number of aromatic nitrogens is 1. The normalized spacial score (nSPS) is 14.5. The molecule has 1 amide bonds. The SMILES string of the molecule is CC(=O)N1CCc2cc(Br)c(S(=O)Nc3ccccn3)cc21. The van der Waals surface area contributed by atoms with Crippen LogP contribution in [0.4, 0.5) is 11.5 Å². The van der Waals surface area contributed by atoms with Gasteiger partial charge in [-0.3, -0.25) is 9.52 Å². The fraction of sp³-hybridized carbons (Fsp3) is 0.200. The van der Waals surface area contributed by atoms with Crippen molar-refractivity contribution in [3.05, 3.63) is 46.6 Å². The van der Waals surface area contributed by atoms with E-state index in [1.807, 2.05) is 12.1 Å². The molecule has 0 aliphatic carbocycles. The predicted molar refractivity (Wildman–Crippen MR) is 90.1 cm³/mol. The van der Waals surface area contributed by atoms with E-state index in [9.17, 15) is 9.00 Å². The molecule has 1 aromatic heterocycles. The molecule has 0 saturated heterocycles. The molecule has 0 bridgehead atoms. The molecule has 7 heteroatoms. The van der Waals surface area contributed by atoms with Gasteiger partial charge in [0.25, 0.3) is 0 Å². The Morgan fingerprint density at radius 1 is 1.41 bits per heavy atom. The van der Waals surface area contributed by atoms with E-state index in [2.05, 4.69) is 25.6 Å². The Labute approximate surface area is 139 Å². The van der Waals surface area contributed by atoms with Gasteiger partial charge in [-0.25, -0.2) is 9.19 Å². The minimum absolute atomic E-state index is 0.00418. The van der Waals surface area contributed by atoms with Crippen molar-refractivity contribution in [1.82, 2.24) is 4.98 Å². The van der Waals surface area contributed by atoms with Crippen molar-refractivity contribution in [3.63, 3.8) is 0 Å². The van der Waals surface area contributed by atoms with E-state index in [4.69, 9.17) is 0 Å². The van der Waals surface area contributed by atoms with E-state index in [0.29, 0.717) is 17.3 Å². The fourth-order valence-corrected chi connectivity index (χ4v) is 4.14. The van der Waals surface area contributed by atoms with Gasteiger partial charge in [0.05, 0.1) is 4.90 Å². The third-order valence-electron chi connectivity index (χ3n) is 3.47. The second-order valence-electron chi connectivity index (χ2n) is 4.92. The zero-order chi connectivity index (χ0) is 15.7. The minimum atomic E-state index is -1.46. The van der Waals surface area contributed by atoms with Crippen LogP contribution >= 0.6 is 15.9 Å². The molecule has 1 aromatic carbocycles. The molecule has 114 valence electrons. The van der Waals surface area contributed by atoms with Gasteiger partial charge in [0.1, 0.15) is 5.82 Å². The molecule has 0 saturated carbocycles. The highest BCUT2D eigenvalue weighted by Crippen LogP contribution is 2.35. The number of carbonyl (C=O) groups excluding carboxylic acids is 1. The van der Waals surface area contributed by atoms with Crippen molar-refractivity contribution in [3.8, 4) is 0 Å². The van der Waals surface area contributed by atoms with Crippen LogP contribution < -0.4 is 9.62 Å². The Morgan fingerprint density at radius 3 is 2.91 bits per heavy atom. The van der Waals surface area contributed by atoms with E-state index in [-0.39, 0.29) is 5.91 Å². The van der Waals surface area contributed by atoms with Gasteiger partial charge < -0.3 is 4.90 Å². The van der Waals surface area contributed by atoms with Crippen LogP contribution in [0.1, 0.15) is 12.5 Å². The fourth-order valence-electron chi connectivity index (χ4n) is 2.43. The number of nitrogens with one attached hydrogen (secondary N) is 1. The maximum atomic E-state index is 12.5. The summed E-state index contributed by atoms with van der Waals surface area (Å²) in [6.45, 7) is 2.21. The molecule has 1 aliphatic rings. The Morgan fingerprint density at radius 2 is 2.23 bits per heavy atom. The molecular weight excluding hydrogens is 366 g/mol. The number of nitrogens with zero attached hydrogens (tertiary/aromatic N) is 2. The first-order valence-electron chi connectivity index (χ1n) is 6.76. The first kappa shape index (κ1) is 15.2. The van der Waals surface area contributed by atoms with Crippen molar-refractivity contribution in [2.24, 2.45) is 0 Å². The molecule has 22 heavy (non-hydrogen) atoms. The molecule has 2 heterocycles. The van der Waals surface area contributed by atoms with E-state index < -0.39 is 11.0 Å². The summed E-state index contributed by atoms with van der Waals surface area (Å²) in [5.74, 6) is 0.534. The van der Waals surface area contributed by atoms with Crippen LogP contribution in [-0.4, -0.2) is 21.6 Å². The number of hydrogen-bond donors (Lipinski definition) is 1. The number of benzene rings is 1. The number of rotatable bonds is 3. The summed E-state index contributed by atoms with van der Waals surface area (Å²) >= 11 is 3.46. The van der Waals surface area contributed by atoms with Gasteiger partial charge >= 0.3 is 0 Å². The van der Waals surface area contributed by atoms with Gasteiger partial charge in [0.2, 0.25) is 5.91 Å². The van der Waals surface area contributed by atoms with Crippen LogP contribution in [0, 0.1) is 0 Å². The topological polar surface area (TPSA) is 62.3 Å². The highest BCUT2D eigenvalue weighted by molar-refractivity contribution is 9.10. The molecule has 0 fully saturated rings. The number of carbonyl (C=O) groups is 1. The molecule has 1 unspecified atom stereocenters. The standard InChI is InChI=1S/C15H14BrN3O2S/c1-10(20)19-7-5-11-8-12(16)14(9-13(11)19)22(21)18-15-4-2-3-6-17-15/h2-4,6,8-9H,5,7H2,1H3,(H,17,18).